The molecule has 78 valence electrons. The van der Waals surface area contributed by atoms with Crippen molar-refractivity contribution in [2.45, 2.75) is 19.9 Å². The molecule has 14 heavy (non-hydrogen) atoms. The molecule has 0 amide bonds. The molecule has 1 unspecified atom stereocenters. The molecule has 1 atom stereocenters. The summed E-state index contributed by atoms with van der Waals surface area (Å²) in [7, 11) is 0. The minimum atomic E-state index is -0.994. The summed E-state index contributed by atoms with van der Waals surface area (Å²) in [4.78, 5) is 10.6. The van der Waals surface area contributed by atoms with Crippen LogP contribution in [0.4, 0.5) is 0 Å². The average molecular weight is 216 g/mol. The van der Waals surface area contributed by atoms with Gasteiger partial charge in [-0.25, -0.2) is 0 Å². The zero-order valence-electron chi connectivity index (χ0n) is 8.15. The SMILES string of the molecule is Cc1ccc(C(N)C(=O)O)c(C)c1.Cl. The van der Waals surface area contributed by atoms with Crippen LogP contribution >= 0.6 is 12.4 Å². The molecular formula is C10H14ClNO2. The molecule has 1 aromatic carbocycles. The van der Waals surface area contributed by atoms with Crippen LogP contribution in [-0.4, -0.2) is 11.1 Å². The molecular weight excluding hydrogens is 202 g/mol. The van der Waals surface area contributed by atoms with Crippen LogP contribution in [0.2, 0.25) is 0 Å². The van der Waals surface area contributed by atoms with E-state index in [1.165, 1.54) is 0 Å². The van der Waals surface area contributed by atoms with Crippen LogP contribution in [0.1, 0.15) is 22.7 Å². The fourth-order valence-corrected chi connectivity index (χ4v) is 1.31. The number of halogens is 1. The summed E-state index contributed by atoms with van der Waals surface area (Å²) >= 11 is 0. The van der Waals surface area contributed by atoms with Crippen molar-refractivity contribution in [1.82, 2.24) is 0 Å². The minimum Gasteiger partial charge on any atom is -0.480 e. The molecule has 1 rings (SSSR count). The molecule has 0 radical (unpaired) electrons. The van der Waals surface area contributed by atoms with Crippen molar-refractivity contribution in [3.63, 3.8) is 0 Å². The lowest BCUT2D eigenvalue weighted by Gasteiger charge is -2.10. The molecule has 0 aliphatic rings. The molecule has 0 aromatic heterocycles. The maximum atomic E-state index is 10.6. The monoisotopic (exact) mass is 215 g/mol. The van der Waals surface area contributed by atoms with Crippen molar-refractivity contribution in [3.8, 4) is 0 Å². The molecule has 0 spiro atoms. The van der Waals surface area contributed by atoms with Crippen LogP contribution in [0.3, 0.4) is 0 Å². The topological polar surface area (TPSA) is 63.3 Å². The summed E-state index contributed by atoms with van der Waals surface area (Å²) in [5.41, 5.74) is 8.20. The Labute approximate surface area is 89.3 Å². The van der Waals surface area contributed by atoms with Gasteiger partial charge < -0.3 is 10.8 Å². The van der Waals surface area contributed by atoms with E-state index in [-0.39, 0.29) is 12.4 Å². The van der Waals surface area contributed by atoms with Gasteiger partial charge in [0.05, 0.1) is 0 Å². The van der Waals surface area contributed by atoms with Crippen LogP contribution in [0.25, 0.3) is 0 Å². The number of nitrogens with two attached hydrogens (primary N) is 1. The molecule has 0 heterocycles. The molecule has 0 fully saturated rings. The number of carboxylic acid groups (broad SMARTS) is 1. The second-order valence-corrected chi connectivity index (χ2v) is 3.18. The van der Waals surface area contributed by atoms with Gasteiger partial charge in [-0.05, 0) is 25.0 Å². The molecule has 0 saturated carbocycles. The second-order valence-electron chi connectivity index (χ2n) is 3.18. The maximum Gasteiger partial charge on any atom is 0.325 e. The van der Waals surface area contributed by atoms with Gasteiger partial charge in [-0.2, -0.15) is 0 Å². The Morgan fingerprint density at radius 3 is 2.43 bits per heavy atom. The van der Waals surface area contributed by atoms with Gasteiger partial charge in [0.25, 0.3) is 0 Å². The molecule has 4 heteroatoms. The highest BCUT2D eigenvalue weighted by molar-refractivity contribution is 5.85. The molecule has 3 nitrogen and oxygen atoms in total. The van der Waals surface area contributed by atoms with Gasteiger partial charge in [0.15, 0.2) is 0 Å². The summed E-state index contributed by atoms with van der Waals surface area (Å²) in [5, 5.41) is 8.70. The lowest BCUT2D eigenvalue weighted by molar-refractivity contribution is -0.138. The van der Waals surface area contributed by atoms with Gasteiger partial charge in [-0.1, -0.05) is 23.8 Å². The zero-order chi connectivity index (χ0) is 10.0. The smallest absolute Gasteiger partial charge is 0.325 e. The van der Waals surface area contributed by atoms with Crippen molar-refractivity contribution in [3.05, 3.63) is 34.9 Å². The van der Waals surface area contributed by atoms with E-state index in [4.69, 9.17) is 10.8 Å². The molecule has 0 aliphatic heterocycles. The Kier molecular flexibility index (Phi) is 4.60. The van der Waals surface area contributed by atoms with E-state index in [2.05, 4.69) is 0 Å². The third-order valence-electron chi connectivity index (χ3n) is 2.03. The standard InChI is InChI=1S/C10H13NO2.ClH/c1-6-3-4-8(7(2)5-6)9(11)10(12)13;/h3-5,9H,11H2,1-2H3,(H,12,13);1H. The van der Waals surface area contributed by atoms with E-state index >= 15 is 0 Å². The van der Waals surface area contributed by atoms with E-state index in [0.717, 1.165) is 11.1 Å². The van der Waals surface area contributed by atoms with Gasteiger partial charge in [-0.15, -0.1) is 12.4 Å². The highest BCUT2D eigenvalue weighted by atomic mass is 35.5. The summed E-state index contributed by atoms with van der Waals surface area (Å²) in [6, 6.07) is 4.65. The number of hydrogen-bond acceptors (Lipinski definition) is 2. The van der Waals surface area contributed by atoms with Gasteiger partial charge >= 0.3 is 5.97 Å². The van der Waals surface area contributed by atoms with Crippen molar-refractivity contribution in [2.75, 3.05) is 0 Å². The van der Waals surface area contributed by atoms with Crippen LogP contribution < -0.4 is 5.73 Å². The molecule has 3 N–H and O–H groups in total. The molecule has 1 aromatic rings. The van der Waals surface area contributed by atoms with E-state index < -0.39 is 12.0 Å². The predicted octanol–water partition coefficient (Wildman–Crippen LogP) is 1.81. The van der Waals surface area contributed by atoms with Crippen LogP contribution in [0, 0.1) is 13.8 Å². The number of hydrogen-bond donors (Lipinski definition) is 2. The summed E-state index contributed by atoms with van der Waals surface area (Å²) in [5.74, 6) is -0.994. The van der Waals surface area contributed by atoms with E-state index in [9.17, 15) is 4.79 Å². The number of carboxylic acids is 1. The fraction of sp³-hybridized carbons (Fsp3) is 0.300. The van der Waals surface area contributed by atoms with Crippen molar-refractivity contribution in [1.29, 1.82) is 0 Å². The Balaban J connectivity index is 0.00000169. The zero-order valence-corrected chi connectivity index (χ0v) is 8.97. The van der Waals surface area contributed by atoms with Gasteiger partial charge in [0.1, 0.15) is 6.04 Å². The van der Waals surface area contributed by atoms with Gasteiger partial charge in [0.2, 0.25) is 0 Å². The van der Waals surface area contributed by atoms with Crippen molar-refractivity contribution >= 4 is 18.4 Å². The number of aryl methyl sites for hydroxylation is 2. The maximum absolute atomic E-state index is 10.6. The van der Waals surface area contributed by atoms with Crippen molar-refractivity contribution < 1.29 is 9.90 Å². The van der Waals surface area contributed by atoms with E-state index in [0.29, 0.717) is 5.56 Å². The van der Waals surface area contributed by atoms with E-state index in [1.54, 1.807) is 6.07 Å². The Bertz CT molecular complexity index is 339. The largest absolute Gasteiger partial charge is 0.480 e. The Morgan fingerprint density at radius 2 is 2.00 bits per heavy atom. The summed E-state index contributed by atoms with van der Waals surface area (Å²) in [6.07, 6.45) is 0. The predicted molar refractivity (Wildman–Crippen MR) is 57.7 cm³/mol. The second kappa shape index (κ2) is 4.98. The van der Waals surface area contributed by atoms with Crippen LogP contribution in [-0.2, 0) is 4.79 Å². The molecule has 0 saturated heterocycles. The van der Waals surface area contributed by atoms with Crippen LogP contribution in [0.5, 0.6) is 0 Å². The first-order valence-corrected chi connectivity index (χ1v) is 4.08. The lowest BCUT2D eigenvalue weighted by Crippen LogP contribution is -2.21. The molecule has 0 bridgehead atoms. The minimum absolute atomic E-state index is 0. The van der Waals surface area contributed by atoms with Crippen LogP contribution in [0.15, 0.2) is 18.2 Å². The first kappa shape index (κ1) is 12.9. The first-order valence-electron chi connectivity index (χ1n) is 4.08. The highest BCUT2D eigenvalue weighted by Crippen LogP contribution is 2.16. The Morgan fingerprint density at radius 1 is 1.43 bits per heavy atom. The fourth-order valence-electron chi connectivity index (χ4n) is 1.31. The van der Waals surface area contributed by atoms with Crippen molar-refractivity contribution in [2.24, 2.45) is 5.73 Å². The summed E-state index contributed by atoms with van der Waals surface area (Å²) in [6.45, 7) is 3.83. The first-order chi connectivity index (χ1) is 6.02. The third-order valence-corrected chi connectivity index (χ3v) is 2.03. The number of rotatable bonds is 2. The van der Waals surface area contributed by atoms with Gasteiger partial charge in [-0.3, -0.25) is 4.79 Å². The van der Waals surface area contributed by atoms with Gasteiger partial charge in [0, 0.05) is 0 Å². The lowest BCUT2D eigenvalue weighted by atomic mass is 10.00. The molecule has 0 aliphatic carbocycles. The third kappa shape index (κ3) is 2.72. The highest BCUT2D eigenvalue weighted by Gasteiger charge is 2.15. The normalized spacial score (nSPS) is 11.6. The summed E-state index contributed by atoms with van der Waals surface area (Å²) < 4.78 is 0. The average Bonchev–Trinajstić information content (AvgIpc) is 2.03. The number of aliphatic carboxylic acids is 1. The number of carbonyl (C=O) groups is 1. The quantitative estimate of drug-likeness (QED) is 0.791. The van der Waals surface area contributed by atoms with E-state index in [1.807, 2.05) is 26.0 Å². The number of benzene rings is 1. The Hall–Kier alpha value is -1.06.